The number of thioether (sulfide) groups is 1. The molecule has 0 aliphatic heterocycles. The van der Waals surface area contributed by atoms with Crippen molar-refractivity contribution in [3.05, 3.63) is 18.4 Å². The van der Waals surface area contributed by atoms with Crippen molar-refractivity contribution in [2.45, 2.75) is 30.3 Å². The maximum absolute atomic E-state index is 12.0. The van der Waals surface area contributed by atoms with Crippen LogP contribution in [0.15, 0.2) is 28.0 Å². The molecule has 0 radical (unpaired) electrons. The van der Waals surface area contributed by atoms with Crippen molar-refractivity contribution in [1.29, 1.82) is 0 Å². The van der Waals surface area contributed by atoms with Gasteiger partial charge in [0.1, 0.15) is 0 Å². The molecule has 0 aliphatic carbocycles. The number of hydrogen-bond donors (Lipinski definition) is 1. The summed E-state index contributed by atoms with van der Waals surface area (Å²) in [5, 5.41) is 8.45. The van der Waals surface area contributed by atoms with Crippen LogP contribution in [-0.4, -0.2) is 50.8 Å². The van der Waals surface area contributed by atoms with Crippen LogP contribution in [0.4, 0.5) is 0 Å². The van der Waals surface area contributed by atoms with Gasteiger partial charge in [-0.1, -0.05) is 11.8 Å². The van der Waals surface area contributed by atoms with Crippen molar-refractivity contribution >= 4 is 23.6 Å². The number of aromatic nitrogens is 3. The molecule has 0 saturated heterocycles. The van der Waals surface area contributed by atoms with Crippen LogP contribution in [0.25, 0.3) is 11.6 Å². The largest absolute Gasteiger partial charge is 0.461 e. The Morgan fingerprint density at radius 2 is 2.17 bits per heavy atom. The number of carbonyl (C=O) groups is 2. The van der Waals surface area contributed by atoms with Gasteiger partial charge in [0.2, 0.25) is 11.8 Å². The summed E-state index contributed by atoms with van der Waals surface area (Å²) >= 11 is 1.28. The van der Waals surface area contributed by atoms with Crippen LogP contribution >= 0.6 is 11.8 Å². The van der Waals surface area contributed by atoms with Gasteiger partial charge in [0.05, 0.1) is 11.5 Å². The summed E-state index contributed by atoms with van der Waals surface area (Å²) in [5.41, 5.74) is 5.23. The number of amides is 2. The highest BCUT2D eigenvalue weighted by Crippen LogP contribution is 2.27. The molecular formula is C14H19N5O3S. The summed E-state index contributed by atoms with van der Waals surface area (Å²) in [6, 6.07) is 3.50. The van der Waals surface area contributed by atoms with Gasteiger partial charge in [-0.15, -0.1) is 10.2 Å². The van der Waals surface area contributed by atoms with E-state index in [0.717, 1.165) is 0 Å². The summed E-state index contributed by atoms with van der Waals surface area (Å²) in [6.07, 6.45) is 1.68. The second-order valence-electron chi connectivity index (χ2n) is 5.14. The summed E-state index contributed by atoms with van der Waals surface area (Å²) < 4.78 is 7.09. The first kappa shape index (κ1) is 17.1. The van der Waals surface area contributed by atoms with E-state index in [4.69, 9.17) is 10.2 Å². The lowest BCUT2D eigenvalue weighted by atomic mass is 10.3. The van der Waals surface area contributed by atoms with Crippen LogP contribution in [0.1, 0.15) is 13.3 Å². The van der Waals surface area contributed by atoms with Gasteiger partial charge in [-0.25, -0.2) is 0 Å². The average Bonchev–Trinajstić information content (AvgIpc) is 3.13. The van der Waals surface area contributed by atoms with Gasteiger partial charge in [-0.3, -0.25) is 14.2 Å². The van der Waals surface area contributed by atoms with Crippen molar-refractivity contribution in [2.75, 3.05) is 14.1 Å². The molecule has 1 atom stereocenters. The van der Waals surface area contributed by atoms with Crippen LogP contribution < -0.4 is 5.73 Å². The molecule has 2 aromatic heterocycles. The molecule has 2 N–H and O–H groups in total. The molecule has 0 aromatic carbocycles. The van der Waals surface area contributed by atoms with Gasteiger partial charge in [0.25, 0.3) is 0 Å². The van der Waals surface area contributed by atoms with E-state index in [0.29, 0.717) is 23.3 Å². The first-order chi connectivity index (χ1) is 10.9. The molecule has 2 aromatic rings. The van der Waals surface area contributed by atoms with Crippen molar-refractivity contribution in [2.24, 2.45) is 5.73 Å². The van der Waals surface area contributed by atoms with E-state index in [2.05, 4.69) is 10.2 Å². The number of primary amides is 1. The minimum Gasteiger partial charge on any atom is -0.461 e. The molecule has 0 saturated carbocycles. The third-order valence-electron chi connectivity index (χ3n) is 3.11. The molecule has 0 unspecified atom stereocenters. The standard InChI is InChI=1S/C14H19N5O3S/c1-9(13(21)18(2)3)23-14-17-16-12(10-5-4-8-22-10)19(14)7-6-11(15)20/h4-5,8-9H,6-7H2,1-3H3,(H2,15,20)/t9-/m1/s1. The molecule has 0 fully saturated rings. The van der Waals surface area contributed by atoms with Crippen molar-refractivity contribution in [3.63, 3.8) is 0 Å². The lowest BCUT2D eigenvalue weighted by Gasteiger charge is -2.16. The summed E-state index contributed by atoms with van der Waals surface area (Å²) in [5.74, 6) is 0.597. The molecule has 124 valence electrons. The Hall–Kier alpha value is -2.29. The van der Waals surface area contributed by atoms with Gasteiger partial charge in [0.15, 0.2) is 16.7 Å². The fourth-order valence-corrected chi connectivity index (χ4v) is 2.98. The van der Waals surface area contributed by atoms with E-state index < -0.39 is 5.91 Å². The zero-order chi connectivity index (χ0) is 17.0. The Morgan fingerprint density at radius 3 is 2.74 bits per heavy atom. The molecule has 0 aliphatic rings. The number of furan rings is 1. The topological polar surface area (TPSA) is 107 Å². The van der Waals surface area contributed by atoms with Crippen molar-refractivity contribution in [3.8, 4) is 11.6 Å². The van der Waals surface area contributed by atoms with Gasteiger partial charge in [0, 0.05) is 27.1 Å². The van der Waals surface area contributed by atoms with Crippen molar-refractivity contribution < 1.29 is 14.0 Å². The van der Waals surface area contributed by atoms with E-state index >= 15 is 0 Å². The number of nitrogens with two attached hydrogens (primary N) is 1. The Morgan fingerprint density at radius 1 is 1.43 bits per heavy atom. The Labute approximate surface area is 138 Å². The van der Waals surface area contributed by atoms with E-state index in [9.17, 15) is 9.59 Å². The molecule has 0 bridgehead atoms. The minimum absolute atomic E-state index is 0.0287. The second kappa shape index (κ2) is 7.32. The quantitative estimate of drug-likeness (QED) is 0.755. The first-order valence-corrected chi connectivity index (χ1v) is 7.91. The maximum Gasteiger partial charge on any atom is 0.235 e. The molecule has 0 spiro atoms. The zero-order valence-electron chi connectivity index (χ0n) is 13.2. The van der Waals surface area contributed by atoms with Crippen molar-refractivity contribution in [1.82, 2.24) is 19.7 Å². The SMILES string of the molecule is C[C@@H](Sc1nnc(-c2ccco2)n1CCC(N)=O)C(=O)N(C)C. The maximum atomic E-state index is 12.0. The molecular weight excluding hydrogens is 318 g/mol. The summed E-state index contributed by atoms with van der Waals surface area (Å²) in [4.78, 5) is 24.6. The number of carbonyl (C=O) groups excluding carboxylic acids is 2. The Bertz CT molecular complexity index is 681. The lowest BCUT2D eigenvalue weighted by Crippen LogP contribution is -2.30. The Kier molecular flexibility index (Phi) is 5.43. The molecule has 2 heterocycles. The third kappa shape index (κ3) is 4.13. The fraction of sp³-hybridized carbons (Fsp3) is 0.429. The van der Waals surface area contributed by atoms with E-state index in [-0.39, 0.29) is 17.6 Å². The zero-order valence-corrected chi connectivity index (χ0v) is 14.0. The molecule has 9 heteroatoms. The van der Waals surface area contributed by atoms with Gasteiger partial charge >= 0.3 is 0 Å². The molecule has 8 nitrogen and oxygen atoms in total. The predicted octanol–water partition coefficient (Wildman–Crippen LogP) is 0.982. The summed E-state index contributed by atoms with van der Waals surface area (Å²) in [6.45, 7) is 2.12. The van der Waals surface area contributed by atoms with Gasteiger partial charge < -0.3 is 15.1 Å². The number of nitrogens with zero attached hydrogens (tertiary/aromatic N) is 4. The fourth-order valence-electron chi connectivity index (χ4n) is 1.96. The third-order valence-corrected chi connectivity index (χ3v) is 4.18. The highest BCUT2D eigenvalue weighted by Gasteiger charge is 2.22. The van der Waals surface area contributed by atoms with Crippen LogP contribution in [0, 0.1) is 0 Å². The normalized spacial score (nSPS) is 12.1. The smallest absolute Gasteiger partial charge is 0.235 e. The highest BCUT2D eigenvalue weighted by molar-refractivity contribution is 8.00. The van der Waals surface area contributed by atoms with Crippen LogP contribution in [0.2, 0.25) is 0 Å². The molecule has 2 amide bonds. The monoisotopic (exact) mass is 337 g/mol. The van der Waals surface area contributed by atoms with E-state index in [1.54, 1.807) is 37.7 Å². The predicted molar refractivity (Wildman–Crippen MR) is 85.5 cm³/mol. The first-order valence-electron chi connectivity index (χ1n) is 7.03. The number of rotatable bonds is 7. The van der Waals surface area contributed by atoms with E-state index in [1.165, 1.54) is 22.9 Å². The van der Waals surface area contributed by atoms with Gasteiger partial charge in [-0.2, -0.15) is 0 Å². The summed E-state index contributed by atoms with van der Waals surface area (Å²) in [7, 11) is 3.40. The minimum atomic E-state index is -0.419. The molecule has 2 rings (SSSR count). The van der Waals surface area contributed by atoms with Crippen LogP contribution in [0.3, 0.4) is 0 Å². The lowest BCUT2D eigenvalue weighted by molar-refractivity contribution is -0.127. The van der Waals surface area contributed by atoms with Crippen LogP contribution in [-0.2, 0) is 16.1 Å². The second-order valence-corrected chi connectivity index (χ2v) is 6.45. The number of hydrogen-bond acceptors (Lipinski definition) is 6. The average molecular weight is 337 g/mol. The molecule has 23 heavy (non-hydrogen) atoms. The highest BCUT2D eigenvalue weighted by atomic mass is 32.2. The Balaban J connectivity index is 2.28. The van der Waals surface area contributed by atoms with Crippen LogP contribution in [0.5, 0.6) is 0 Å². The van der Waals surface area contributed by atoms with E-state index in [1.807, 2.05) is 0 Å². The van der Waals surface area contributed by atoms with Gasteiger partial charge in [-0.05, 0) is 19.1 Å².